The first-order valence-corrected chi connectivity index (χ1v) is 7.43. The maximum atomic E-state index is 12.1. The third-order valence-corrected chi connectivity index (χ3v) is 3.51. The molecule has 0 atom stereocenters. The van der Waals surface area contributed by atoms with E-state index in [0.717, 1.165) is 11.3 Å². The minimum absolute atomic E-state index is 0.147. The van der Waals surface area contributed by atoms with Crippen molar-refractivity contribution in [2.45, 2.75) is 20.8 Å². The standard InChI is InChI=1S/C18H21N3O2/c1-12-6-4-9-17(13(12)2)19-11-18(23)21-16-8-5-7-15(10-16)20-14(3)22/h4-10,19H,11H2,1-3H3,(H,20,22)(H,21,23). The number of carbonyl (C=O) groups is 2. The van der Waals surface area contributed by atoms with Crippen LogP contribution in [0.15, 0.2) is 42.5 Å². The van der Waals surface area contributed by atoms with Crippen LogP contribution >= 0.6 is 0 Å². The highest BCUT2D eigenvalue weighted by molar-refractivity contribution is 5.95. The first-order chi connectivity index (χ1) is 11.0. The fourth-order valence-electron chi connectivity index (χ4n) is 2.20. The molecule has 0 unspecified atom stereocenters. The van der Waals surface area contributed by atoms with Crippen LogP contribution in [0.3, 0.4) is 0 Å². The van der Waals surface area contributed by atoms with Gasteiger partial charge in [-0.3, -0.25) is 9.59 Å². The number of hydrogen-bond donors (Lipinski definition) is 3. The monoisotopic (exact) mass is 311 g/mol. The molecule has 0 bridgehead atoms. The van der Waals surface area contributed by atoms with Crippen molar-refractivity contribution in [2.75, 3.05) is 22.5 Å². The van der Waals surface area contributed by atoms with Crippen LogP contribution in [0.1, 0.15) is 18.1 Å². The molecule has 0 aliphatic heterocycles. The van der Waals surface area contributed by atoms with Gasteiger partial charge in [0, 0.05) is 24.0 Å². The molecule has 0 fully saturated rings. The molecule has 2 aromatic carbocycles. The molecule has 2 amide bonds. The van der Waals surface area contributed by atoms with Gasteiger partial charge < -0.3 is 16.0 Å². The van der Waals surface area contributed by atoms with Crippen molar-refractivity contribution in [3.8, 4) is 0 Å². The molecule has 0 aromatic heterocycles. The second-order valence-corrected chi connectivity index (χ2v) is 5.41. The first-order valence-electron chi connectivity index (χ1n) is 7.43. The lowest BCUT2D eigenvalue weighted by Gasteiger charge is -2.12. The lowest BCUT2D eigenvalue weighted by Crippen LogP contribution is -2.22. The summed E-state index contributed by atoms with van der Waals surface area (Å²) in [5, 5.41) is 8.63. The summed E-state index contributed by atoms with van der Waals surface area (Å²) < 4.78 is 0. The van der Waals surface area contributed by atoms with Gasteiger partial charge in [-0.15, -0.1) is 0 Å². The Kier molecular flexibility index (Phi) is 5.36. The summed E-state index contributed by atoms with van der Waals surface area (Å²) in [7, 11) is 0. The molecular formula is C18H21N3O2. The number of hydrogen-bond acceptors (Lipinski definition) is 3. The number of nitrogens with one attached hydrogen (secondary N) is 3. The van der Waals surface area contributed by atoms with Crippen molar-refractivity contribution in [1.29, 1.82) is 0 Å². The highest BCUT2D eigenvalue weighted by Crippen LogP contribution is 2.18. The number of carbonyl (C=O) groups excluding carboxylic acids is 2. The predicted octanol–water partition coefficient (Wildman–Crippen LogP) is 3.31. The molecule has 0 saturated heterocycles. The van der Waals surface area contributed by atoms with Crippen molar-refractivity contribution in [2.24, 2.45) is 0 Å². The van der Waals surface area contributed by atoms with Gasteiger partial charge in [-0.05, 0) is 49.2 Å². The Morgan fingerprint density at radius 2 is 1.61 bits per heavy atom. The fraction of sp³-hybridized carbons (Fsp3) is 0.222. The summed E-state index contributed by atoms with van der Waals surface area (Å²) in [6.07, 6.45) is 0. The van der Waals surface area contributed by atoms with Gasteiger partial charge in [-0.1, -0.05) is 18.2 Å². The van der Waals surface area contributed by atoms with Crippen LogP contribution in [0, 0.1) is 13.8 Å². The lowest BCUT2D eigenvalue weighted by molar-refractivity contribution is -0.115. The number of aryl methyl sites for hydroxylation is 1. The second-order valence-electron chi connectivity index (χ2n) is 5.41. The summed E-state index contributed by atoms with van der Waals surface area (Å²) >= 11 is 0. The minimum Gasteiger partial charge on any atom is -0.376 e. The Morgan fingerprint density at radius 3 is 2.30 bits per heavy atom. The van der Waals surface area contributed by atoms with Crippen molar-refractivity contribution in [3.05, 3.63) is 53.6 Å². The zero-order valence-corrected chi connectivity index (χ0v) is 13.6. The molecule has 0 aliphatic rings. The Bertz CT molecular complexity index is 726. The predicted molar refractivity (Wildman–Crippen MR) is 93.8 cm³/mol. The van der Waals surface area contributed by atoms with Crippen LogP contribution in [-0.2, 0) is 9.59 Å². The number of rotatable bonds is 5. The summed E-state index contributed by atoms with van der Waals surface area (Å²) in [4.78, 5) is 23.1. The summed E-state index contributed by atoms with van der Waals surface area (Å²) in [6.45, 7) is 5.68. The van der Waals surface area contributed by atoms with Gasteiger partial charge in [0.15, 0.2) is 0 Å². The molecule has 0 radical (unpaired) electrons. The van der Waals surface area contributed by atoms with E-state index in [1.54, 1.807) is 24.3 Å². The quantitative estimate of drug-likeness (QED) is 0.793. The van der Waals surface area contributed by atoms with Crippen molar-refractivity contribution in [3.63, 3.8) is 0 Å². The molecule has 0 aliphatic carbocycles. The molecule has 5 heteroatoms. The largest absolute Gasteiger partial charge is 0.376 e. The molecule has 5 nitrogen and oxygen atoms in total. The zero-order valence-electron chi connectivity index (χ0n) is 13.6. The van der Waals surface area contributed by atoms with Gasteiger partial charge in [-0.25, -0.2) is 0 Å². The number of benzene rings is 2. The second kappa shape index (κ2) is 7.45. The molecule has 0 spiro atoms. The number of amides is 2. The van der Waals surface area contributed by atoms with E-state index in [9.17, 15) is 9.59 Å². The van der Waals surface area contributed by atoms with Crippen LogP contribution < -0.4 is 16.0 Å². The molecule has 3 N–H and O–H groups in total. The van der Waals surface area contributed by atoms with Crippen LogP contribution in [0.2, 0.25) is 0 Å². The number of anilines is 3. The Morgan fingerprint density at radius 1 is 0.957 bits per heavy atom. The maximum absolute atomic E-state index is 12.1. The molecule has 0 saturated carbocycles. The van der Waals surface area contributed by atoms with Crippen LogP contribution in [-0.4, -0.2) is 18.4 Å². The third-order valence-electron chi connectivity index (χ3n) is 3.51. The Labute approximate surface area is 136 Å². The summed E-state index contributed by atoms with van der Waals surface area (Å²) in [5.74, 6) is -0.295. The van der Waals surface area contributed by atoms with E-state index >= 15 is 0 Å². The van der Waals surface area contributed by atoms with Gasteiger partial charge in [0.05, 0.1) is 6.54 Å². The lowest BCUT2D eigenvalue weighted by atomic mass is 10.1. The SMILES string of the molecule is CC(=O)Nc1cccc(NC(=O)CNc2cccc(C)c2C)c1. The molecule has 2 rings (SSSR count). The Hall–Kier alpha value is -2.82. The molecular weight excluding hydrogens is 290 g/mol. The Balaban J connectivity index is 1.94. The normalized spacial score (nSPS) is 10.0. The van der Waals surface area contributed by atoms with E-state index in [1.165, 1.54) is 12.5 Å². The van der Waals surface area contributed by atoms with Crippen molar-refractivity contribution < 1.29 is 9.59 Å². The summed E-state index contributed by atoms with van der Waals surface area (Å²) in [5.41, 5.74) is 4.56. The van der Waals surface area contributed by atoms with E-state index < -0.39 is 0 Å². The molecule has 0 heterocycles. The molecule has 2 aromatic rings. The van der Waals surface area contributed by atoms with Gasteiger partial charge in [0.1, 0.15) is 0 Å². The van der Waals surface area contributed by atoms with Gasteiger partial charge in [0.2, 0.25) is 11.8 Å². The molecule has 120 valence electrons. The average molecular weight is 311 g/mol. The van der Waals surface area contributed by atoms with E-state index in [0.29, 0.717) is 11.4 Å². The van der Waals surface area contributed by atoms with Crippen LogP contribution in [0.4, 0.5) is 17.1 Å². The minimum atomic E-state index is -0.148. The average Bonchev–Trinajstić information content (AvgIpc) is 2.48. The highest BCUT2D eigenvalue weighted by Gasteiger charge is 2.05. The van der Waals surface area contributed by atoms with Gasteiger partial charge in [0.25, 0.3) is 0 Å². The van der Waals surface area contributed by atoms with E-state index in [1.807, 2.05) is 32.0 Å². The topological polar surface area (TPSA) is 70.2 Å². The van der Waals surface area contributed by atoms with Gasteiger partial charge >= 0.3 is 0 Å². The third kappa shape index (κ3) is 4.85. The van der Waals surface area contributed by atoms with Crippen LogP contribution in [0.25, 0.3) is 0 Å². The van der Waals surface area contributed by atoms with Gasteiger partial charge in [-0.2, -0.15) is 0 Å². The van der Waals surface area contributed by atoms with E-state index in [2.05, 4.69) is 16.0 Å². The van der Waals surface area contributed by atoms with Crippen molar-refractivity contribution in [1.82, 2.24) is 0 Å². The maximum Gasteiger partial charge on any atom is 0.243 e. The first kappa shape index (κ1) is 16.5. The van der Waals surface area contributed by atoms with E-state index in [-0.39, 0.29) is 18.4 Å². The van der Waals surface area contributed by atoms with Crippen LogP contribution in [0.5, 0.6) is 0 Å². The van der Waals surface area contributed by atoms with Crippen molar-refractivity contribution >= 4 is 28.9 Å². The zero-order chi connectivity index (χ0) is 16.8. The van der Waals surface area contributed by atoms with E-state index in [4.69, 9.17) is 0 Å². The highest BCUT2D eigenvalue weighted by atomic mass is 16.2. The smallest absolute Gasteiger partial charge is 0.243 e. The molecule has 23 heavy (non-hydrogen) atoms. The fourth-order valence-corrected chi connectivity index (χ4v) is 2.20. The summed E-state index contributed by atoms with van der Waals surface area (Å²) in [6, 6.07) is 13.0.